The highest BCUT2D eigenvalue weighted by atomic mass is 19.4. The Morgan fingerprint density at radius 2 is 1.10 bits per heavy atom. The Balaban J connectivity index is 1.27. The van der Waals surface area contributed by atoms with Crippen LogP contribution in [0.1, 0.15) is 166 Å². The molecule has 7 aromatic rings. The van der Waals surface area contributed by atoms with Crippen LogP contribution in [0, 0.1) is 6.92 Å². The topological polar surface area (TPSA) is 24.6 Å². The molecule has 1 fully saturated rings. The molecule has 0 spiro atoms. The Kier molecular flexibility index (Phi) is 9.29. The zero-order valence-electron chi connectivity index (χ0n) is 43.4. The van der Waals surface area contributed by atoms with Gasteiger partial charge in [-0.1, -0.05) is 119 Å². The first-order chi connectivity index (χ1) is 32.7. The molecule has 6 aliphatic rings. The summed E-state index contributed by atoms with van der Waals surface area (Å²) in [4.78, 5) is 4.83. The van der Waals surface area contributed by atoms with Crippen LogP contribution in [0.4, 0.5) is 47.4 Å². The number of hydrogen-bond acceptors (Lipinski definition) is 3. The van der Waals surface area contributed by atoms with Crippen molar-refractivity contribution in [2.24, 2.45) is 0 Å². The van der Waals surface area contributed by atoms with Crippen molar-refractivity contribution >= 4 is 68.3 Å². The summed E-state index contributed by atoms with van der Waals surface area (Å²) in [6.45, 7) is 29.3. The summed E-state index contributed by atoms with van der Waals surface area (Å²) in [5, 5.41) is 1.19. The fourth-order valence-electron chi connectivity index (χ4n) is 13.7. The maximum Gasteiger partial charge on any atom is 0.418 e. The predicted octanol–water partition coefficient (Wildman–Crippen LogP) is 15.7. The summed E-state index contributed by atoms with van der Waals surface area (Å²) in [7, 11) is 0. The van der Waals surface area contributed by atoms with Gasteiger partial charge in [0.25, 0.3) is 6.71 Å². The Bertz CT molecular complexity index is 3330. The number of halogens is 3. The number of benzene rings is 5. The zero-order valence-corrected chi connectivity index (χ0v) is 43.4. The van der Waals surface area contributed by atoms with E-state index in [-0.39, 0.29) is 39.5 Å². The molecule has 0 saturated heterocycles. The lowest BCUT2D eigenvalue weighted by Gasteiger charge is -2.49. The summed E-state index contributed by atoms with van der Waals surface area (Å²) in [6.07, 6.45) is 1.62. The molecule has 0 radical (unpaired) electrons. The third-order valence-electron chi connectivity index (χ3n) is 17.9. The number of para-hydroxylation sites is 1. The first-order valence-corrected chi connectivity index (χ1v) is 25.8. The molecule has 13 rings (SSSR count). The van der Waals surface area contributed by atoms with Gasteiger partial charge in [0, 0.05) is 55.9 Å². The Labute approximate surface area is 413 Å². The molecule has 5 aromatic carbocycles. The Morgan fingerprint density at radius 1 is 0.557 bits per heavy atom. The molecule has 70 heavy (non-hydrogen) atoms. The van der Waals surface area contributed by atoms with Crippen LogP contribution in [0.5, 0.6) is 0 Å². The first kappa shape index (κ1) is 45.5. The molecule has 8 heteroatoms. The average Bonchev–Trinajstić information content (AvgIpc) is 3.87. The number of anilines is 6. The highest BCUT2D eigenvalue weighted by Crippen LogP contribution is 2.60. The van der Waals surface area contributed by atoms with Crippen LogP contribution in [0.15, 0.2) is 101 Å². The zero-order chi connectivity index (χ0) is 49.6. The van der Waals surface area contributed by atoms with Crippen LogP contribution in [0.2, 0.25) is 0 Å². The molecule has 2 bridgehead atoms. The van der Waals surface area contributed by atoms with E-state index in [0.717, 1.165) is 117 Å². The minimum atomic E-state index is -4.60. The third-order valence-corrected chi connectivity index (χ3v) is 17.9. The number of aromatic nitrogens is 1. The maximum absolute atomic E-state index is 15.7. The van der Waals surface area contributed by atoms with Gasteiger partial charge in [-0.05, 0) is 166 Å². The normalized spacial score (nSPS) is 21.9. The molecule has 0 atom stereocenters. The Morgan fingerprint density at radius 3 is 1.69 bits per heavy atom. The van der Waals surface area contributed by atoms with Gasteiger partial charge >= 0.3 is 6.18 Å². The van der Waals surface area contributed by atoms with Gasteiger partial charge in [-0.2, -0.15) is 13.2 Å². The molecule has 2 aromatic heterocycles. The van der Waals surface area contributed by atoms with Gasteiger partial charge in [0.15, 0.2) is 0 Å². The highest BCUT2D eigenvalue weighted by molar-refractivity contribution is 7.00. The lowest BCUT2D eigenvalue weighted by molar-refractivity contribution is -0.137. The number of hydrogen-bond donors (Lipinski definition) is 0. The van der Waals surface area contributed by atoms with Crippen LogP contribution < -0.4 is 26.2 Å². The van der Waals surface area contributed by atoms with E-state index >= 15 is 13.2 Å². The SMILES string of the molecule is Cc1cc2c3c(c1)N(c1ccc(C(C)(C)C)cc1)c1c(c4c(n1-c1ccccc1C(F)(F)F)C(C)(C)CCC4(C)C)B3c1cc3oc4c(c3cc1N2c1ccc(C(C)(C)C)cc1)C1(C)CCC4(C)CC1. The second kappa shape index (κ2) is 14.3. The smallest absolute Gasteiger partial charge is 0.418 e. The van der Waals surface area contributed by atoms with Gasteiger partial charge in [-0.25, -0.2) is 0 Å². The van der Waals surface area contributed by atoms with Crippen molar-refractivity contribution < 1.29 is 17.6 Å². The van der Waals surface area contributed by atoms with Gasteiger partial charge in [0.2, 0.25) is 0 Å². The first-order valence-electron chi connectivity index (χ1n) is 25.8. The molecule has 0 amide bonds. The standard InChI is InChI=1S/C62H67BF3N3O/c1-36-32-46-51-47(33-36)68(40-24-20-38(21-25-40)57(5,6)7)55-52(50-53(59(10,11)27-26-58(50,8)9)69(55)44-17-15-14-16-42(44)62(64,65)66)63(51)43-35-48-41(49-54(70-48)61(13)30-28-60(49,12)29-31-61)34-45(43)67(46)39-22-18-37(19-23-39)56(2,3)4/h14-25,32-35H,26-31H2,1-13H3. The summed E-state index contributed by atoms with van der Waals surface area (Å²) in [5.74, 6) is 1.93. The number of nitrogens with zero attached hydrogens (tertiary/aromatic N) is 3. The van der Waals surface area contributed by atoms with E-state index in [2.05, 4.69) is 177 Å². The van der Waals surface area contributed by atoms with Crippen LogP contribution >= 0.6 is 0 Å². The average molecular weight is 938 g/mol. The fraction of sp³-hybridized carbons (Fsp3) is 0.419. The molecule has 4 heterocycles. The number of rotatable bonds is 3. The van der Waals surface area contributed by atoms with E-state index in [1.54, 1.807) is 12.1 Å². The van der Waals surface area contributed by atoms with Gasteiger partial charge < -0.3 is 9.32 Å². The van der Waals surface area contributed by atoms with Crippen LogP contribution in [0.3, 0.4) is 0 Å². The quantitative estimate of drug-likeness (QED) is 0.165. The molecule has 4 nitrogen and oxygen atoms in total. The largest absolute Gasteiger partial charge is 0.460 e. The monoisotopic (exact) mass is 938 g/mol. The van der Waals surface area contributed by atoms with Crippen molar-refractivity contribution in [3.63, 3.8) is 0 Å². The lowest BCUT2D eigenvalue weighted by atomic mass is 9.32. The molecule has 0 N–H and O–H groups in total. The Hall–Kier alpha value is -5.63. The molecule has 0 unspecified atom stereocenters. The summed E-state index contributed by atoms with van der Waals surface area (Å²) in [6, 6.07) is 33.6. The summed E-state index contributed by atoms with van der Waals surface area (Å²) < 4.78 is 56.5. The molecular weight excluding hydrogens is 871 g/mol. The number of alkyl halides is 3. The van der Waals surface area contributed by atoms with E-state index < -0.39 is 17.2 Å². The van der Waals surface area contributed by atoms with E-state index in [0.29, 0.717) is 0 Å². The van der Waals surface area contributed by atoms with Crippen LogP contribution in [-0.2, 0) is 38.7 Å². The minimum absolute atomic E-state index is 0.0148. The number of fused-ring (bicyclic) bond motifs is 9. The van der Waals surface area contributed by atoms with E-state index in [4.69, 9.17) is 4.42 Å². The molecule has 360 valence electrons. The van der Waals surface area contributed by atoms with Crippen LogP contribution in [-0.4, -0.2) is 11.3 Å². The number of furan rings is 1. The molecule has 1 saturated carbocycles. The minimum Gasteiger partial charge on any atom is -0.460 e. The molecule has 4 aliphatic carbocycles. The summed E-state index contributed by atoms with van der Waals surface area (Å²) >= 11 is 0. The van der Waals surface area contributed by atoms with Crippen molar-refractivity contribution in [2.45, 2.75) is 167 Å². The number of aryl methyl sites for hydroxylation is 1. The lowest BCUT2D eigenvalue weighted by Crippen LogP contribution is -2.62. The van der Waals surface area contributed by atoms with E-state index in [1.807, 2.05) is 0 Å². The predicted molar refractivity (Wildman–Crippen MR) is 285 cm³/mol. The fourth-order valence-corrected chi connectivity index (χ4v) is 13.7. The van der Waals surface area contributed by atoms with Gasteiger partial charge in [0.05, 0.1) is 11.3 Å². The highest BCUT2D eigenvalue weighted by Gasteiger charge is 2.55. The maximum atomic E-state index is 15.7. The molecule has 2 aliphatic heterocycles. The second-order valence-corrected chi connectivity index (χ2v) is 25.8. The van der Waals surface area contributed by atoms with Gasteiger partial charge in [-0.3, -0.25) is 9.47 Å². The van der Waals surface area contributed by atoms with E-state index in [9.17, 15) is 0 Å². The van der Waals surface area contributed by atoms with Crippen molar-refractivity contribution in [1.82, 2.24) is 4.57 Å². The van der Waals surface area contributed by atoms with Crippen molar-refractivity contribution in [3.8, 4) is 5.69 Å². The van der Waals surface area contributed by atoms with Crippen molar-refractivity contribution in [2.75, 3.05) is 9.80 Å². The van der Waals surface area contributed by atoms with Gasteiger partial charge in [-0.15, -0.1) is 0 Å². The van der Waals surface area contributed by atoms with Gasteiger partial charge in [0.1, 0.15) is 17.2 Å². The third kappa shape index (κ3) is 6.35. The van der Waals surface area contributed by atoms with Crippen LogP contribution in [0.25, 0.3) is 16.7 Å². The molecular formula is C62H67BF3N3O. The van der Waals surface area contributed by atoms with Crippen molar-refractivity contribution in [1.29, 1.82) is 0 Å². The van der Waals surface area contributed by atoms with E-state index in [1.165, 1.54) is 34.2 Å². The second-order valence-electron chi connectivity index (χ2n) is 25.8. The van der Waals surface area contributed by atoms with Crippen molar-refractivity contribution in [3.05, 3.63) is 142 Å². The summed E-state index contributed by atoms with van der Waals surface area (Å²) in [5.41, 5.74) is 15.0.